The highest BCUT2D eigenvalue weighted by Crippen LogP contribution is 2.18. The highest BCUT2D eigenvalue weighted by molar-refractivity contribution is 7.13. The standard InChI is InChI=1S/C8H15N3O2S/c1-6(5-12-3)13-8-11-10-7(14-8)4-9-2/h6,9H,4-5H2,1-3H3. The van der Waals surface area contributed by atoms with Crippen LogP contribution in [0.1, 0.15) is 11.9 Å². The summed E-state index contributed by atoms with van der Waals surface area (Å²) in [5.41, 5.74) is 0. The van der Waals surface area contributed by atoms with Crippen molar-refractivity contribution in [2.45, 2.75) is 19.6 Å². The van der Waals surface area contributed by atoms with Crippen molar-refractivity contribution in [3.8, 4) is 5.19 Å². The minimum Gasteiger partial charge on any atom is -0.463 e. The molecule has 0 aliphatic heterocycles. The molecule has 1 rings (SSSR count). The summed E-state index contributed by atoms with van der Waals surface area (Å²) in [4.78, 5) is 0. The van der Waals surface area contributed by atoms with Crippen LogP contribution in [-0.2, 0) is 11.3 Å². The molecule has 14 heavy (non-hydrogen) atoms. The molecule has 5 nitrogen and oxygen atoms in total. The van der Waals surface area contributed by atoms with Gasteiger partial charge in [-0.3, -0.25) is 0 Å². The van der Waals surface area contributed by atoms with Crippen molar-refractivity contribution in [1.82, 2.24) is 15.5 Å². The average Bonchev–Trinajstić information content (AvgIpc) is 2.53. The smallest absolute Gasteiger partial charge is 0.294 e. The van der Waals surface area contributed by atoms with Crippen molar-refractivity contribution in [2.24, 2.45) is 0 Å². The first-order valence-corrected chi connectivity index (χ1v) is 5.20. The van der Waals surface area contributed by atoms with Crippen LogP contribution in [0.3, 0.4) is 0 Å². The summed E-state index contributed by atoms with van der Waals surface area (Å²) < 4.78 is 10.4. The summed E-state index contributed by atoms with van der Waals surface area (Å²) >= 11 is 1.45. The number of aromatic nitrogens is 2. The van der Waals surface area contributed by atoms with Gasteiger partial charge in [-0.1, -0.05) is 16.4 Å². The lowest BCUT2D eigenvalue weighted by Gasteiger charge is -2.09. The van der Waals surface area contributed by atoms with Crippen LogP contribution in [0.2, 0.25) is 0 Å². The molecular weight excluding hydrogens is 202 g/mol. The summed E-state index contributed by atoms with van der Waals surface area (Å²) in [6.45, 7) is 3.21. The zero-order valence-corrected chi connectivity index (χ0v) is 9.43. The van der Waals surface area contributed by atoms with E-state index in [1.165, 1.54) is 11.3 Å². The fourth-order valence-corrected chi connectivity index (χ4v) is 1.74. The highest BCUT2D eigenvalue weighted by Gasteiger charge is 2.08. The second kappa shape index (κ2) is 5.90. The molecule has 0 fully saturated rings. The summed E-state index contributed by atoms with van der Waals surface area (Å²) in [6.07, 6.45) is 0.00962. The van der Waals surface area contributed by atoms with Crippen molar-refractivity contribution in [2.75, 3.05) is 20.8 Å². The molecule has 0 radical (unpaired) electrons. The second-order valence-electron chi connectivity index (χ2n) is 2.88. The quantitative estimate of drug-likeness (QED) is 0.759. The molecule has 0 aliphatic rings. The lowest BCUT2D eigenvalue weighted by molar-refractivity contribution is 0.0914. The Hall–Kier alpha value is -0.720. The Kier molecular flexibility index (Phi) is 4.78. The van der Waals surface area contributed by atoms with Gasteiger partial charge in [0.25, 0.3) is 5.19 Å². The minimum atomic E-state index is 0.00962. The summed E-state index contributed by atoms with van der Waals surface area (Å²) in [6, 6.07) is 0. The first-order chi connectivity index (χ1) is 6.76. The average molecular weight is 217 g/mol. The summed E-state index contributed by atoms with van der Waals surface area (Å²) in [5.74, 6) is 0. The number of nitrogens with one attached hydrogen (secondary N) is 1. The van der Waals surface area contributed by atoms with E-state index in [0.717, 1.165) is 11.6 Å². The number of ether oxygens (including phenoxy) is 2. The van der Waals surface area contributed by atoms with E-state index < -0.39 is 0 Å². The Balaban J connectivity index is 2.42. The molecule has 1 aromatic heterocycles. The molecule has 1 atom stereocenters. The lowest BCUT2D eigenvalue weighted by Crippen LogP contribution is -2.17. The molecule has 80 valence electrons. The largest absolute Gasteiger partial charge is 0.463 e. The monoisotopic (exact) mass is 217 g/mol. The van der Waals surface area contributed by atoms with E-state index in [4.69, 9.17) is 9.47 Å². The van der Waals surface area contributed by atoms with Gasteiger partial charge in [-0.15, -0.1) is 5.10 Å². The van der Waals surface area contributed by atoms with Crippen molar-refractivity contribution in [3.63, 3.8) is 0 Å². The fourth-order valence-electron chi connectivity index (χ4n) is 0.949. The van der Waals surface area contributed by atoms with Gasteiger partial charge in [0, 0.05) is 13.7 Å². The molecule has 1 heterocycles. The number of rotatable bonds is 6. The van der Waals surface area contributed by atoms with E-state index in [1.807, 2.05) is 14.0 Å². The maximum Gasteiger partial charge on any atom is 0.294 e. The van der Waals surface area contributed by atoms with Gasteiger partial charge in [-0.25, -0.2) is 0 Å². The Bertz CT molecular complexity index is 267. The molecule has 6 heteroatoms. The van der Waals surface area contributed by atoms with E-state index in [-0.39, 0.29) is 6.10 Å². The molecular formula is C8H15N3O2S. The maximum absolute atomic E-state index is 5.47. The van der Waals surface area contributed by atoms with Gasteiger partial charge in [-0.05, 0) is 14.0 Å². The molecule has 1 unspecified atom stereocenters. The highest BCUT2D eigenvalue weighted by atomic mass is 32.1. The van der Waals surface area contributed by atoms with Gasteiger partial charge < -0.3 is 14.8 Å². The number of methoxy groups -OCH3 is 1. The van der Waals surface area contributed by atoms with E-state index in [1.54, 1.807) is 7.11 Å². The minimum absolute atomic E-state index is 0.00962. The molecule has 0 amide bonds. The van der Waals surface area contributed by atoms with Crippen LogP contribution in [0.15, 0.2) is 0 Å². The van der Waals surface area contributed by atoms with Gasteiger partial charge in [0.1, 0.15) is 11.1 Å². The first kappa shape index (κ1) is 11.4. The molecule has 0 aliphatic carbocycles. The van der Waals surface area contributed by atoms with Gasteiger partial charge in [-0.2, -0.15) is 0 Å². The van der Waals surface area contributed by atoms with Gasteiger partial charge >= 0.3 is 0 Å². The Labute approximate surface area is 87.4 Å². The predicted octanol–water partition coefficient (Wildman–Crippen LogP) is 0.671. The van der Waals surface area contributed by atoms with Crippen LogP contribution in [0.25, 0.3) is 0 Å². The van der Waals surface area contributed by atoms with E-state index in [2.05, 4.69) is 15.5 Å². The second-order valence-corrected chi connectivity index (χ2v) is 3.90. The predicted molar refractivity (Wildman–Crippen MR) is 54.6 cm³/mol. The molecule has 0 saturated heterocycles. The van der Waals surface area contributed by atoms with Crippen LogP contribution < -0.4 is 10.1 Å². The molecule has 0 spiro atoms. The van der Waals surface area contributed by atoms with Crippen LogP contribution in [0, 0.1) is 0 Å². The number of hydrogen-bond acceptors (Lipinski definition) is 6. The normalized spacial score (nSPS) is 12.8. The SMILES string of the molecule is CNCc1nnc(OC(C)COC)s1. The fraction of sp³-hybridized carbons (Fsp3) is 0.750. The van der Waals surface area contributed by atoms with Crippen LogP contribution in [-0.4, -0.2) is 37.1 Å². The third-order valence-electron chi connectivity index (χ3n) is 1.48. The Morgan fingerprint density at radius 3 is 2.93 bits per heavy atom. The van der Waals surface area contributed by atoms with Crippen LogP contribution >= 0.6 is 11.3 Å². The number of hydrogen-bond donors (Lipinski definition) is 1. The molecule has 1 N–H and O–H groups in total. The topological polar surface area (TPSA) is 56.3 Å². The molecule has 0 aromatic carbocycles. The van der Waals surface area contributed by atoms with E-state index >= 15 is 0 Å². The van der Waals surface area contributed by atoms with Crippen LogP contribution in [0.5, 0.6) is 5.19 Å². The Morgan fingerprint density at radius 1 is 1.50 bits per heavy atom. The van der Waals surface area contributed by atoms with Gasteiger partial charge in [0.2, 0.25) is 0 Å². The van der Waals surface area contributed by atoms with Crippen molar-refractivity contribution in [1.29, 1.82) is 0 Å². The zero-order chi connectivity index (χ0) is 10.4. The zero-order valence-electron chi connectivity index (χ0n) is 8.61. The first-order valence-electron chi connectivity index (χ1n) is 4.38. The number of nitrogens with zero attached hydrogens (tertiary/aromatic N) is 2. The third kappa shape index (κ3) is 3.57. The van der Waals surface area contributed by atoms with E-state index in [9.17, 15) is 0 Å². The molecule has 1 aromatic rings. The molecule has 0 bridgehead atoms. The van der Waals surface area contributed by atoms with Gasteiger partial charge in [0.15, 0.2) is 0 Å². The summed E-state index contributed by atoms with van der Waals surface area (Å²) in [5, 5.41) is 12.4. The van der Waals surface area contributed by atoms with E-state index in [0.29, 0.717) is 11.8 Å². The molecule has 0 saturated carbocycles. The van der Waals surface area contributed by atoms with Crippen molar-refractivity contribution < 1.29 is 9.47 Å². The lowest BCUT2D eigenvalue weighted by atomic mass is 10.4. The van der Waals surface area contributed by atoms with Crippen molar-refractivity contribution >= 4 is 11.3 Å². The summed E-state index contributed by atoms with van der Waals surface area (Å²) in [7, 11) is 3.52. The van der Waals surface area contributed by atoms with Gasteiger partial charge in [0.05, 0.1) is 6.61 Å². The van der Waals surface area contributed by atoms with Crippen LogP contribution in [0.4, 0.5) is 0 Å². The Morgan fingerprint density at radius 2 is 2.29 bits per heavy atom. The van der Waals surface area contributed by atoms with Crippen molar-refractivity contribution in [3.05, 3.63) is 5.01 Å². The third-order valence-corrected chi connectivity index (χ3v) is 2.29. The maximum atomic E-state index is 5.47.